The van der Waals surface area contributed by atoms with Gasteiger partial charge in [-0.2, -0.15) is 0 Å². The van der Waals surface area contributed by atoms with Gasteiger partial charge in [0.1, 0.15) is 12.4 Å². The van der Waals surface area contributed by atoms with E-state index in [1.54, 1.807) is 31.5 Å². The van der Waals surface area contributed by atoms with E-state index < -0.39 is 10.0 Å². The molecule has 0 aliphatic rings. The molecule has 1 aromatic carbocycles. The second-order valence-electron chi connectivity index (χ2n) is 5.69. The van der Waals surface area contributed by atoms with E-state index in [1.165, 1.54) is 7.05 Å². The molecule has 0 radical (unpaired) electrons. The number of aliphatic imine (C=N–C) groups is 1. The van der Waals surface area contributed by atoms with Gasteiger partial charge in [-0.25, -0.2) is 13.1 Å². The minimum absolute atomic E-state index is 0. The van der Waals surface area contributed by atoms with Crippen molar-refractivity contribution in [1.82, 2.24) is 15.4 Å². The molecule has 156 valence electrons. The summed E-state index contributed by atoms with van der Waals surface area (Å²) in [6.07, 6.45) is 2.44. The number of ether oxygens (including phenoxy) is 1. The first-order valence-corrected chi connectivity index (χ1v) is 10.1. The molecule has 0 saturated heterocycles. The van der Waals surface area contributed by atoms with Gasteiger partial charge in [-0.3, -0.25) is 4.99 Å². The van der Waals surface area contributed by atoms with Crippen molar-refractivity contribution in [3.05, 3.63) is 54.0 Å². The van der Waals surface area contributed by atoms with Crippen molar-refractivity contribution in [3.63, 3.8) is 0 Å². The number of hydrogen-bond donors (Lipinski definition) is 3. The van der Waals surface area contributed by atoms with Crippen LogP contribution in [0, 0.1) is 0 Å². The Morgan fingerprint density at radius 2 is 2.04 bits per heavy atom. The molecule has 2 rings (SSSR count). The Morgan fingerprint density at radius 1 is 1.21 bits per heavy atom. The smallest absolute Gasteiger partial charge is 0.240 e. The number of guanidine groups is 1. The van der Waals surface area contributed by atoms with E-state index >= 15 is 0 Å². The van der Waals surface area contributed by atoms with E-state index in [-0.39, 0.29) is 28.9 Å². The molecule has 0 atom stereocenters. The van der Waals surface area contributed by atoms with Gasteiger partial charge in [0.25, 0.3) is 0 Å². The fourth-order valence-corrected chi connectivity index (χ4v) is 3.10. The van der Waals surface area contributed by atoms with Gasteiger partial charge in [-0.1, -0.05) is 12.1 Å². The number of hydrogen-bond acceptors (Lipinski definition) is 5. The maximum absolute atomic E-state index is 11.9. The minimum atomic E-state index is -3.45. The molecule has 0 bridgehead atoms. The van der Waals surface area contributed by atoms with Crippen molar-refractivity contribution in [1.29, 1.82) is 0 Å². The highest BCUT2D eigenvalue weighted by Crippen LogP contribution is 2.10. The topological polar surface area (TPSA) is 105 Å². The van der Waals surface area contributed by atoms with Crippen LogP contribution >= 0.6 is 24.0 Å². The molecule has 0 fully saturated rings. The highest BCUT2D eigenvalue weighted by Gasteiger charge is 2.11. The molecule has 1 heterocycles. The maximum atomic E-state index is 11.9. The summed E-state index contributed by atoms with van der Waals surface area (Å²) in [5.74, 6) is 1.45. The first kappa shape index (κ1) is 24.4. The first-order valence-electron chi connectivity index (χ1n) is 8.62. The van der Waals surface area contributed by atoms with Crippen molar-refractivity contribution in [3.8, 4) is 0 Å². The highest BCUT2D eigenvalue weighted by atomic mass is 127. The van der Waals surface area contributed by atoms with Crippen LogP contribution in [-0.4, -0.2) is 41.6 Å². The van der Waals surface area contributed by atoms with Crippen LogP contribution in [0.2, 0.25) is 0 Å². The predicted molar refractivity (Wildman–Crippen MR) is 119 cm³/mol. The Hall–Kier alpha value is -1.63. The summed E-state index contributed by atoms with van der Waals surface area (Å²) < 4.78 is 36.8. The largest absolute Gasteiger partial charge is 0.467 e. The average Bonchev–Trinajstić information content (AvgIpc) is 3.20. The van der Waals surface area contributed by atoms with Gasteiger partial charge >= 0.3 is 0 Å². The normalized spacial score (nSPS) is 11.7. The summed E-state index contributed by atoms with van der Waals surface area (Å²) in [5.41, 5.74) is 0.844. The molecule has 0 unspecified atom stereocenters. The van der Waals surface area contributed by atoms with Crippen LogP contribution in [0.5, 0.6) is 0 Å². The monoisotopic (exact) mass is 522 g/mol. The third-order valence-corrected chi connectivity index (χ3v) is 5.16. The van der Waals surface area contributed by atoms with E-state index in [4.69, 9.17) is 9.15 Å². The molecule has 0 aliphatic carbocycles. The van der Waals surface area contributed by atoms with Crippen LogP contribution < -0.4 is 15.4 Å². The lowest BCUT2D eigenvalue weighted by molar-refractivity contribution is 0.105. The van der Waals surface area contributed by atoms with Crippen molar-refractivity contribution >= 4 is 40.0 Å². The van der Waals surface area contributed by atoms with Crippen molar-refractivity contribution in [2.24, 2.45) is 4.99 Å². The zero-order valence-electron chi connectivity index (χ0n) is 16.0. The fourth-order valence-electron chi connectivity index (χ4n) is 2.30. The number of rotatable bonds is 10. The van der Waals surface area contributed by atoms with E-state index in [0.29, 0.717) is 32.3 Å². The zero-order chi connectivity index (χ0) is 19.5. The zero-order valence-corrected chi connectivity index (χ0v) is 19.1. The molecule has 28 heavy (non-hydrogen) atoms. The molecule has 0 saturated carbocycles. The molecule has 10 heteroatoms. The lowest BCUT2D eigenvalue weighted by Crippen LogP contribution is -2.37. The number of benzene rings is 1. The number of nitrogens with zero attached hydrogens (tertiary/aromatic N) is 1. The molecule has 8 nitrogen and oxygen atoms in total. The van der Waals surface area contributed by atoms with E-state index in [2.05, 4.69) is 20.3 Å². The van der Waals surface area contributed by atoms with Gasteiger partial charge in [0, 0.05) is 26.7 Å². The SMILES string of the molecule is CN=C(NCCCOCc1ccco1)NCc1cccc(S(=O)(=O)NC)c1.I. The second-order valence-corrected chi connectivity index (χ2v) is 7.58. The Morgan fingerprint density at radius 3 is 2.71 bits per heavy atom. The van der Waals surface area contributed by atoms with Gasteiger partial charge in [-0.15, -0.1) is 24.0 Å². The standard InChI is InChI=1S/C18H26N4O4S.HI/c1-19-18(21-9-5-10-25-14-16-7-4-11-26-16)22-13-15-6-3-8-17(12-15)27(23,24)20-2;/h3-4,6-8,11-12,20H,5,9-10,13-14H2,1-2H3,(H2,19,21,22);1H. The van der Waals surface area contributed by atoms with Crippen LogP contribution in [0.3, 0.4) is 0 Å². The molecule has 2 aromatic rings. The van der Waals surface area contributed by atoms with Crippen LogP contribution in [0.15, 0.2) is 57.0 Å². The number of halogens is 1. The summed E-state index contributed by atoms with van der Waals surface area (Å²) in [7, 11) is -0.370. The van der Waals surface area contributed by atoms with Gasteiger partial charge in [0.15, 0.2) is 5.96 Å². The molecule has 0 aliphatic heterocycles. The summed E-state index contributed by atoms with van der Waals surface area (Å²) >= 11 is 0. The Balaban J connectivity index is 0.00000392. The Kier molecular flexibility index (Phi) is 11.1. The molecule has 0 spiro atoms. The van der Waals surface area contributed by atoms with Gasteiger partial charge in [-0.05, 0) is 43.3 Å². The average molecular weight is 522 g/mol. The van der Waals surface area contributed by atoms with E-state index in [9.17, 15) is 8.42 Å². The van der Waals surface area contributed by atoms with Crippen molar-refractivity contribution < 1.29 is 17.6 Å². The summed E-state index contributed by atoms with van der Waals surface area (Å²) in [4.78, 5) is 4.39. The van der Waals surface area contributed by atoms with Crippen molar-refractivity contribution in [2.45, 2.75) is 24.5 Å². The maximum Gasteiger partial charge on any atom is 0.240 e. The number of sulfonamides is 1. The second kappa shape index (κ2) is 12.8. The predicted octanol–water partition coefficient (Wildman–Crippen LogP) is 2.08. The van der Waals surface area contributed by atoms with Gasteiger partial charge in [0.05, 0.1) is 11.2 Å². The lowest BCUT2D eigenvalue weighted by Gasteiger charge is -2.12. The Bertz CT molecular complexity index is 826. The Labute approximate surface area is 183 Å². The highest BCUT2D eigenvalue weighted by molar-refractivity contribution is 14.0. The summed E-state index contributed by atoms with van der Waals surface area (Å²) in [6.45, 7) is 2.23. The third kappa shape index (κ3) is 8.17. The molecule has 1 aromatic heterocycles. The van der Waals surface area contributed by atoms with Crippen molar-refractivity contribution in [2.75, 3.05) is 27.2 Å². The number of furan rings is 1. The molecule has 3 N–H and O–H groups in total. The lowest BCUT2D eigenvalue weighted by atomic mass is 10.2. The fraction of sp³-hybridized carbons (Fsp3) is 0.389. The third-order valence-electron chi connectivity index (χ3n) is 3.74. The molecular formula is C18H27IN4O4S. The van der Waals surface area contributed by atoms with Crippen LogP contribution in [0.4, 0.5) is 0 Å². The van der Waals surface area contributed by atoms with Crippen LogP contribution in [0.25, 0.3) is 0 Å². The van der Waals surface area contributed by atoms with Crippen LogP contribution in [-0.2, 0) is 27.9 Å². The van der Waals surface area contributed by atoms with Gasteiger partial charge in [0.2, 0.25) is 10.0 Å². The number of nitrogens with one attached hydrogen (secondary N) is 3. The minimum Gasteiger partial charge on any atom is -0.467 e. The quantitative estimate of drug-likeness (QED) is 0.191. The summed E-state index contributed by atoms with van der Waals surface area (Å²) in [5, 5.41) is 6.36. The molecule has 0 amide bonds. The molecular weight excluding hydrogens is 495 g/mol. The first-order chi connectivity index (χ1) is 13.0. The van der Waals surface area contributed by atoms with Crippen LogP contribution in [0.1, 0.15) is 17.7 Å². The van der Waals surface area contributed by atoms with E-state index in [0.717, 1.165) is 17.7 Å². The van der Waals surface area contributed by atoms with E-state index in [1.807, 2.05) is 18.2 Å². The van der Waals surface area contributed by atoms with Gasteiger partial charge < -0.3 is 19.8 Å². The summed E-state index contributed by atoms with van der Waals surface area (Å²) in [6, 6.07) is 10.5.